The number of aromatic nitrogens is 1. The van der Waals surface area contributed by atoms with Crippen LogP contribution in [-0.2, 0) is 11.3 Å². The van der Waals surface area contributed by atoms with Crippen molar-refractivity contribution in [2.45, 2.75) is 25.4 Å². The van der Waals surface area contributed by atoms with E-state index in [-0.39, 0.29) is 18.6 Å². The number of urea groups is 1. The van der Waals surface area contributed by atoms with Crippen molar-refractivity contribution < 1.29 is 14.7 Å². The number of nitrogens with zero attached hydrogens (tertiary/aromatic N) is 3. The summed E-state index contributed by atoms with van der Waals surface area (Å²) in [5.41, 5.74) is 0.969. The van der Waals surface area contributed by atoms with Crippen molar-refractivity contribution in [1.82, 2.24) is 14.8 Å². The molecule has 19 heavy (non-hydrogen) atoms. The molecule has 1 aromatic heterocycles. The van der Waals surface area contributed by atoms with E-state index in [0.29, 0.717) is 6.54 Å². The second kappa shape index (κ2) is 5.69. The van der Waals surface area contributed by atoms with Crippen LogP contribution in [-0.4, -0.2) is 51.5 Å². The maximum Gasteiger partial charge on any atom is 0.323 e. The topological polar surface area (TPSA) is 73.7 Å². The van der Waals surface area contributed by atoms with Crippen LogP contribution in [0.1, 0.15) is 18.4 Å². The number of carboxylic acid groups (broad SMARTS) is 1. The van der Waals surface area contributed by atoms with E-state index in [1.807, 2.05) is 12.1 Å². The Labute approximate surface area is 111 Å². The average molecular weight is 263 g/mol. The average Bonchev–Trinajstić information content (AvgIpc) is 3.20. The molecule has 6 nitrogen and oxygen atoms in total. The number of carboxylic acids is 1. The van der Waals surface area contributed by atoms with Crippen LogP contribution in [0.4, 0.5) is 4.79 Å². The molecule has 0 atom stereocenters. The van der Waals surface area contributed by atoms with Crippen LogP contribution in [0.5, 0.6) is 0 Å². The molecular formula is C13H17N3O3. The summed E-state index contributed by atoms with van der Waals surface area (Å²) in [6.07, 6.45) is 5.12. The van der Waals surface area contributed by atoms with E-state index in [0.717, 1.165) is 18.4 Å². The van der Waals surface area contributed by atoms with Gasteiger partial charge in [-0.2, -0.15) is 0 Å². The number of carbonyl (C=O) groups is 2. The molecule has 0 radical (unpaired) electrons. The van der Waals surface area contributed by atoms with Crippen molar-refractivity contribution in [3.05, 3.63) is 30.1 Å². The third-order valence-electron chi connectivity index (χ3n) is 3.03. The zero-order chi connectivity index (χ0) is 13.8. The molecule has 1 aliphatic carbocycles. The third-order valence-corrected chi connectivity index (χ3v) is 3.03. The van der Waals surface area contributed by atoms with E-state index in [1.165, 1.54) is 9.80 Å². The van der Waals surface area contributed by atoms with Crippen LogP contribution in [0.3, 0.4) is 0 Å². The summed E-state index contributed by atoms with van der Waals surface area (Å²) in [6, 6.07) is 3.52. The Kier molecular flexibility index (Phi) is 3.99. The van der Waals surface area contributed by atoms with Crippen LogP contribution in [0.15, 0.2) is 24.5 Å². The molecule has 102 valence electrons. The fraction of sp³-hybridized carbons (Fsp3) is 0.462. The van der Waals surface area contributed by atoms with Gasteiger partial charge in [-0.25, -0.2) is 4.79 Å². The first-order valence-electron chi connectivity index (χ1n) is 6.20. The lowest BCUT2D eigenvalue weighted by Crippen LogP contribution is -2.44. The van der Waals surface area contributed by atoms with E-state index < -0.39 is 5.97 Å². The smallest absolute Gasteiger partial charge is 0.323 e. The largest absolute Gasteiger partial charge is 0.480 e. The highest BCUT2D eigenvalue weighted by Gasteiger charge is 2.35. The Morgan fingerprint density at radius 3 is 2.53 bits per heavy atom. The first kappa shape index (κ1) is 13.3. The highest BCUT2D eigenvalue weighted by atomic mass is 16.4. The summed E-state index contributed by atoms with van der Waals surface area (Å²) < 4.78 is 0. The molecule has 1 fully saturated rings. The van der Waals surface area contributed by atoms with Gasteiger partial charge in [0.15, 0.2) is 0 Å². The van der Waals surface area contributed by atoms with Gasteiger partial charge in [-0.1, -0.05) is 0 Å². The normalized spacial score (nSPS) is 13.9. The summed E-state index contributed by atoms with van der Waals surface area (Å²) in [6.45, 7) is 0.217. The van der Waals surface area contributed by atoms with Crippen LogP contribution in [0.2, 0.25) is 0 Å². The number of pyridine rings is 1. The monoisotopic (exact) mass is 263 g/mol. The Bertz CT molecular complexity index is 459. The maximum absolute atomic E-state index is 12.2. The molecule has 1 saturated carbocycles. The molecule has 0 saturated heterocycles. The Hall–Kier alpha value is -2.11. The van der Waals surface area contributed by atoms with Crippen LogP contribution < -0.4 is 0 Å². The zero-order valence-corrected chi connectivity index (χ0v) is 10.8. The van der Waals surface area contributed by atoms with Crippen molar-refractivity contribution >= 4 is 12.0 Å². The minimum atomic E-state index is -0.974. The predicted molar refractivity (Wildman–Crippen MR) is 68.5 cm³/mol. The molecule has 0 aromatic carbocycles. The minimum absolute atomic E-state index is 0.0866. The van der Waals surface area contributed by atoms with Gasteiger partial charge in [0.1, 0.15) is 6.54 Å². The van der Waals surface area contributed by atoms with Gasteiger partial charge in [0, 0.05) is 32.0 Å². The lowest BCUT2D eigenvalue weighted by Gasteiger charge is -2.27. The van der Waals surface area contributed by atoms with Gasteiger partial charge in [0.05, 0.1) is 0 Å². The summed E-state index contributed by atoms with van der Waals surface area (Å²) in [5.74, 6) is -0.974. The van der Waals surface area contributed by atoms with Crippen LogP contribution >= 0.6 is 0 Å². The second-order valence-corrected chi connectivity index (χ2v) is 4.75. The predicted octanol–water partition coefficient (Wildman–Crippen LogP) is 1.18. The van der Waals surface area contributed by atoms with Gasteiger partial charge >= 0.3 is 12.0 Å². The molecule has 2 amide bonds. The van der Waals surface area contributed by atoms with Crippen LogP contribution in [0, 0.1) is 0 Å². The van der Waals surface area contributed by atoms with Gasteiger partial charge in [-0.15, -0.1) is 0 Å². The fourth-order valence-corrected chi connectivity index (χ4v) is 1.93. The number of rotatable bonds is 5. The molecule has 0 spiro atoms. The van der Waals surface area contributed by atoms with Gasteiger partial charge in [0.25, 0.3) is 0 Å². The third kappa shape index (κ3) is 3.67. The SMILES string of the molecule is CN(Cc1ccncc1)C(=O)N(CC(=O)O)C1CC1. The maximum atomic E-state index is 12.2. The molecule has 0 aliphatic heterocycles. The van der Waals surface area contributed by atoms with E-state index in [4.69, 9.17) is 5.11 Å². The van der Waals surface area contributed by atoms with Crippen molar-refractivity contribution in [2.75, 3.05) is 13.6 Å². The zero-order valence-electron chi connectivity index (χ0n) is 10.8. The molecule has 1 heterocycles. The second-order valence-electron chi connectivity index (χ2n) is 4.75. The van der Waals surface area contributed by atoms with Gasteiger partial charge in [0.2, 0.25) is 0 Å². The molecule has 1 N–H and O–H groups in total. The lowest BCUT2D eigenvalue weighted by atomic mass is 10.2. The van der Waals surface area contributed by atoms with Crippen molar-refractivity contribution in [3.63, 3.8) is 0 Å². The van der Waals surface area contributed by atoms with E-state index >= 15 is 0 Å². The summed E-state index contributed by atoms with van der Waals surface area (Å²) >= 11 is 0. The molecule has 2 rings (SSSR count). The highest BCUT2D eigenvalue weighted by molar-refractivity contribution is 5.80. The molecule has 0 bridgehead atoms. The Morgan fingerprint density at radius 1 is 1.37 bits per heavy atom. The molecule has 1 aliphatic rings. The highest BCUT2D eigenvalue weighted by Crippen LogP contribution is 2.27. The Morgan fingerprint density at radius 2 is 2.00 bits per heavy atom. The number of hydrogen-bond donors (Lipinski definition) is 1. The number of hydrogen-bond acceptors (Lipinski definition) is 3. The first-order valence-corrected chi connectivity index (χ1v) is 6.20. The van der Waals surface area contributed by atoms with Crippen molar-refractivity contribution in [2.24, 2.45) is 0 Å². The number of carbonyl (C=O) groups excluding carboxylic acids is 1. The van der Waals surface area contributed by atoms with Gasteiger partial charge in [-0.05, 0) is 30.5 Å². The number of aliphatic carboxylic acids is 1. The van der Waals surface area contributed by atoms with E-state index in [9.17, 15) is 9.59 Å². The molecule has 1 aromatic rings. The first-order chi connectivity index (χ1) is 9.08. The number of amides is 2. The van der Waals surface area contributed by atoms with Crippen molar-refractivity contribution in [3.8, 4) is 0 Å². The Balaban J connectivity index is 1.98. The molecule has 0 unspecified atom stereocenters. The summed E-state index contributed by atoms with van der Waals surface area (Å²) in [5, 5.41) is 8.86. The quantitative estimate of drug-likeness (QED) is 0.865. The van der Waals surface area contributed by atoms with E-state index in [2.05, 4.69) is 4.98 Å². The summed E-state index contributed by atoms with van der Waals surface area (Å²) in [7, 11) is 1.68. The van der Waals surface area contributed by atoms with Crippen LogP contribution in [0.25, 0.3) is 0 Å². The standard InChI is InChI=1S/C13H17N3O3/c1-15(8-10-4-6-14-7-5-10)13(19)16(9-12(17)18)11-2-3-11/h4-7,11H,2-3,8-9H2,1H3,(H,17,18). The van der Waals surface area contributed by atoms with E-state index in [1.54, 1.807) is 19.4 Å². The van der Waals surface area contributed by atoms with Gasteiger partial charge in [-0.3, -0.25) is 9.78 Å². The summed E-state index contributed by atoms with van der Waals surface area (Å²) in [4.78, 5) is 29.9. The molecular weight excluding hydrogens is 246 g/mol. The minimum Gasteiger partial charge on any atom is -0.480 e. The fourth-order valence-electron chi connectivity index (χ4n) is 1.93. The lowest BCUT2D eigenvalue weighted by molar-refractivity contribution is -0.137. The van der Waals surface area contributed by atoms with Gasteiger partial charge < -0.3 is 14.9 Å². The molecule has 6 heteroatoms. The van der Waals surface area contributed by atoms with Crippen molar-refractivity contribution in [1.29, 1.82) is 0 Å².